The first kappa shape index (κ1) is 29.4. The fourth-order valence-electron chi connectivity index (χ4n) is 5.46. The number of aliphatic hydroxyl groups is 2. The molecule has 39 heavy (non-hydrogen) atoms. The Morgan fingerprint density at radius 3 is 2.64 bits per heavy atom. The highest BCUT2D eigenvalue weighted by Crippen LogP contribution is 2.48. The van der Waals surface area contributed by atoms with Crippen molar-refractivity contribution in [2.24, 2.45) is 5.92 Å². The number of anilines is 1. The van der Waals surface area contributed by atoms with Crippen LogP contribution in [0.25, 0.3) is 0 Å². The summed E-state index contributed by atoms with van der Waals surface area (Å²) < 4.78 is 22.4. The van der Waals surface area contributed by atoms with Gasteiger partial charge in [0.05, 0.1) is 31.4 Å². The second-order valence-electron chi connectivity index (χ2n) is 10.8. The number of halogens is 1. The minimum absolute atomic E-state index is 0.0310. The van der Waals surface area contributed by atoms with Crippen molar-refractivity contribution in [3.05, 3.63) is 46.5 Å². The van der Waals surface area contributed by atoms with Crippen LogP contribution in [0, 0.1) is 5.92 Å². The lowest BCUT2D eigenvalue weighted by Crippen LogP contribution is -2.63. The highest BCUT2D eigenvalue weighted by molar-refractivity contribution is 6.35. The zero-order valence-electron chi connectivity index (χ0n) is 23.1. The van der Waals surface area contributed by atoms with Crippen LogP contribution in [0.15, 0.2) is 35.9 Å². The van der Waals surface area contributed by atoms with Gasteiger partial charge in [0, 0.05) is 26.5 Å². The predicted molar refractivity (Wildman–Crippen MR) is 145 cm³/mol. The number of benzene rings is 1. The molecule has 0 spiro atoms. The number of nitrogens with one attached hydrogen (secondary N) is 1. The van der Waals surface area contributed by atoms with Crippen LogP contribution in [-0.4, -0.2) is 79.2 Å². The topological polar surface area (TPSA) is 130 Å². The Kier molecular flexibility index (Phi) is 8.35. The molecule has 0 saturated carbocycles. The van der Waals surface area contributed by atoms with E-state index in [9.17, 15) is 19.8 Å². The van der Waals surface area contributed by atoms with E-state index < -0.39 is 47.8 Å². The van der Waals surface area contributed by atoms with Crippen molar-refractivity contribution in [3.63, 3.8) is 0 Å². The largest absolute Gasteiger partial charge is 0.495 e. The van der Waals surface area contributed by atoms with E-state index in [1.54, 1.807) is 26.1 Å². The predicted octanol–water partition coefficient (Wildman–Crippen LogP) is 3.12. The van der Waals surface area contributed by atoms with Gasteiger partial charge in [0.1, 0.15) is 28.6 Å². The first-order valence-electron chi connectivity index (χ1n) is 12.9. The fourth-order valence-corrected chi connectivity index (χ4v) is 5.78. The number of hydrogen-bond acceptors (Lipinski definition) is 8. The molecular weight excluding hydrogens is 528 g/mol. The lowest BCUT2D eigenvalue weighted by Gasteiger charge is -2.42. The standard InChI is InChI=1S/C28H37ClN2O8/c1-15-8-7-9-22(37-6)28(35)14-20(38-26(34)30-28)16(2)25-27(3,39-25)21(32)13-23(33)31(4)18-11-17(10-15)12-19(36-5)24(18)29/h7-9,11-12,16,20-22,25,32,35H,10,13-14H2,1-6H3,(H,30,34)/b9-7+,15-8+/t16-,20+,21-,22+,25+,27-,28-/m0/s1. The molecule has 0 unspecified atom stereocenters. The van der Waals surface area contributed by atoms with Crippen molar-refractivity contribution in [2.45, 2.75) is 75.8 Å². The molecule has 7 atom stereocenters. The number of alkyl carbamates (subject to hydrolysis) is 1. The first-order valence-corrected chi connectivity index (χ1v) is 13.3. The monoisotopic (exact) mass is 564 g/mol. The molecule has 2 saturated heterocycles. The summed E-state index contributed by atoms with van der Waals surface area (Å²) in [6.45, 7) is 5.48. The molecular formula is C28H37ClN2O8. The van der Waals surface area contributed by atoms with Gasteiger partial charge in [-0.3, -0.25) is 10.1 Å². The van der Waals surface area contributed by atoms with Crippen molar-refractivity contribution in [2.75, 3.05) is 26.2 Å². The highest BCUT2D eigenvalue weighted by Gasteiger charge is 2.62. The number of epoxide rings is 1. The van der Waals surface area contributed by atoms with Crippen LogP contribution in [0.5, 0.6) is 5.75 Å². The Hall–Kier alpha value is -2.63. The maximum absolute atomic E-state index is 13.3. The van der Waals surface area contributed by atoms with Crippen molar-refractivity contribution in [3.8, 4) is 5.75 Å². The van der Waals surface area contributed by atoms with E-state index in [1.807, 2.05) is 32.1 Å². The molecule has 4 rings (SSSR count). The molecule has 1 aromatic rings. The van der Waals surface area contributed by atoms with Crippen molar-refractivity contribution < 1.29 is 38.7 Å². The zero-order valence-corrected chi connectivity index (χ0v) is 23.8. The van der Waals surface area contributed by atoms with Gasteiger partial charge in [-0.05, 0) is 38.0 Å². The molecule has 0 aliphatic carbocycles. The zero-order chi connectivity index (χ0) is 28.7. The molecule has 2 amide bonds. The average Bonchev–Trinajstić information content (AvgIpc) is 3.58. The lowest BCUT2D eigenvalue weighted by atomic mass is 9.84. The summed E-state index contributed by atoms with van der Waals surface area (Å²) in [5.41, 5.74) is -0.479. The maximum atomic E-state index is 13.3. The van der Waals surface area contributed by atoms with Gasteiger partial charge >= 0.3 is 6.09 Å². The number of rotatable bonds is 2. The summed E-state index contributed by atoms with van der Waals surface area (Å²) in [5, 5.41) is 25.3. The second kappa shape index (κ2) is 11.1. The quantitative estimate of drug-likeness (QED) is 0.467. The van der Waals surface area contributed by atoms with Gasteiger partial charge in [-0.25, -0.2) is 4.79 Å². The number of hydrogen-bond donors (Lipinski definition) is 3. The SMILES string of the molecule is COc1cc2cc(c1Cl)N(C)C(=O)C[C@H](O)[C@]1(C)O[C@@H]1[C@@H](C)[C@H]1C[C@@](O)(NC(=O)O1)[C@H](OC)/C=C/C=C(\C)C2. The van der Waals surface area contributed by atoms with Crippen LogP contribution >= 0.6 is 11.6 Å². The lowest BCUT2D eigenvalue weighted by molar-refractivity contribution is -0.142. The Morgan fingerprint density at radius 1 is 1.26 bits per heavy atom. The van der Waals surface area contributed by atoms with Crippen LogP contribution in [0.2, 0.25) is 5.02 Å². The van der Waals surface area contributed by atoms with Crippen molar-refractivity contribution >= 4 is 29.3 Å². The number of carbonyl (C=O) groups excluding carboxylic acids is 2. The molecule has 214 valence electrons. The third-order valence-electron chi connectivity index (χ3n) is 7.98. The first-order chi connectivity index (χ1) is 18.3. The smallest absolute Gasteiger partial charge is 0.409 e. The Labute approximate surface area is 233 Å². The molecule has 3 aliphatic rings. The van der Waals surface area contributed by atoms with Gasteiger partial charge in [0.15, 0.2) is 5.72 Å². The van der Waals surface area contributed by atoms with Gasteiger partial charge < -0.3 is 34.1 Å². The Balaban J connectivity index is 1.74. The summed E-state index contributed by atoms with van der Waals surface area (Å²) in [4.78, 5) is 27.1. The number of methoxy groups -OCH3 is 2. The molecule has 0 radical (unpaired) electrons. The van der Waals surface area contributed by atoms with E-state index in [-0.39, 0.29) is 23.8 Å². The number of amides is 2. The van der Waals surface area contributed by atoms with Gasteiger partial charge in [0.2, 0.25) is 5.91 Å². The average molecular weight is 565 g/mol. The van der Waals surface area contributed by atoms with E-state index in [0.29, 0.717) is 17.9 Å². The normalized spacial score (nSPS) is 37.6. The van der Waals surface area contributed by atoms with Crippen LogP contribution in [0.1, 0.15) is 39.2 Å². The number of fused-ring (bicyclic) bond motifs is 5. The molecule has 0 aromatic heterocycles. The summed E-state index contributed by atoms with van der Waals surface area (Å²) in [7, 11) is 4.56. The van der Waals surface area contributed by atoms with Crippen LogP contribution < -0.4 is 15.0 Å². The molecule has 10 nitrogen and oxygen atoms in total. The second-order valence-corrected chi connectivity index (χ2v) is 11.2. The van der Waals surface area contributed by atoms with E-state index >= 15 is 0 Å². The highest BCUT2D eigenvalue weighted by atomic mass is 35.5. The third kappa shape index (κ3) is 5.81. The number of allylic oxidation sites excluding steroid dienone is 3. The number of nitrogens with zero attached hydrogens (tertiary/aromatic N) is 1. The minimum atomic E-state index is -1.73. The number of carbonyl (C=O) groups is 2. The fraction of sp³-hybridized carbons (Fsp3) is 0.571. The summed E-state index contributed by atoms with van der Waals surface area (Å²) in [6, 6.07) is 3.63. The molecule has 3 N–H and O–H groups in total. The molecule has 1 aromatic carbocycles. The van der Waals surface area contributed by atoms with Crippen molar-refractivity contribution in [1.82, 2.24) is 5.32 Å². The molecule has 3 aliphatic heterocycles. The molecule has 3 heterocycles. The maximum Gasteiger partial charge on any atom is 0.409 e. The summed E-state index contributed by atoms with van der Waals surface area (Å²) in [6.07, 6.45) is 1.63. The molecule has 11 heteroatoms. The summed E-state index contributed by atoms with van der Waals surface area (Å²) >= 11 is 6.58. The van der Waals surface area contributed by atoms with E-state index in [4.69, 9.17) is 30.5 Å². The van der Waals surface area contributed by atoms with Crippen LogP contribution in [0.3, 0.4) is 0 Å². The number of aliphatic hydroxyl groups excluding tert-OH is 1. The van der Waals surface area contributed by atoms with E-state index in [2.05, 4.69) is 5.32 Å². The van der Waals surface area contributed by atoms with Crippen LogP contribution in [0.4, 0.5) is 10.5 Å². The van der Waals surface area contributed by atoms with E-state index in [1.165, 1.54) is 19.1 Å². The van der Waals surface area contributed by atoms with E-state index in [0.717, 1.165) is 11.1 Å². The Bertz CT molecular complexity index is 1190. The Morgan fingerprint density at radius 2 is 1.97 bits per heavy atom. The minimum Gasteiger partial charge on any atom is -0.495 e. The third-order valence-corrected chi connectivity index (χ3v) is 8.36. The van der Waals surface area contributed by atoms with Gasteiger partial charge in [0.25, 0.3) is 0 Å². The van der Waals surface area contributed by atoms with Gasteiger partial charge in [-0.1, -0.05) is 42.3 Å². The summed E-state index contributed by atoms with van der Waals surface area (Å²) in [5.74, 6) is -0.323. The molecule has 4 bridgehead atoms. The molecule has 2 fully saturated rings. The van der Waals surface area contributed by atoms with Gasteiger partial charge in [-0.2, -0.15) is 0 Å². The van der Waals surface area contributed by atoms with Gasteiger partial charge in [-0.15, -0.1) is 0 Å². The van der Waals surface area contributed by atoms with Crippen molar-refractivity contribution in [1.29, 1.82) is 0 Å². The number of ether oxygens (including phenoxy) is 4. The van der Waals surface area contributed by atoms with Crippen LogP contribution in [-0.2, 0) is 25.4 Å².